The Balaban J connectivity index is 0.00000220. The third-order valence-corrected chi connectivity index (χ3v) is 4.00. The Hall–Kier alpha value is -1.20. The second-order valence-corrected chi connectivity index (χ2v) is 5.54. The molecule has 0 aliphatic heterocycles. The van der Waals surface area contributed by atoms with Crippen molar-refractivity contribution >= 4 is 18.3 Å². The van der Waals surface area contributed by atoms with Gasteiger partial charge in [-0.25, -0.2) is 8.78 Å². The SMILES string of the molecule is CN(Cc1ccc(F)cc1F)C(=O)C[C@@H]1CCC[C@H]1N.Cl. The molecule has 1 aromatic carbocycles. The van der Waals surface area contributed by atoms with Crippen LogP contribution in [0.25, 0.3) is 0 Å². The molecule has 0 radical (unpaired) electrons. The summed E-state index contributed by atoms with van der Waals surface area (Å²) in [6.07, 6.45) is 3.41. The highest BCUT2D eigenvalue weighted by molar-refractivity contribution is 5.85. The summed E-state index contributed by atoms with van der Waals surface area (Å²) in [5.41, 5.74) is 6.27. The van der Waals surface area contributed by atoms with Crippen molar-refractivity contribution in [3.63, 3.8) is 0 Å². The van der Waals surface area contributed by atoms with E-state index >= 15 is 0 Å². The third kappa shape index (κ3) is 4.64. The lowest BCUT2D eigenvalue weighted by atomic mass is 9.99. The Bertz CT molecular complexity index is 499. The zero-order valence-corrected chi connectivity index (χ0v) is 12.8. The zero-order chi connectivity index (χ0) is 14.7. The predicted molar refractivity (Wildman–Crippen MR) is 80.0 cm³/mol. The molecule has 2 N–H and O–H groups in total. The Morgan fingerprint density at radius 3 is 2.67 bits per heavy atom. The van der Waals surface area contributed by atoms with Crippen molar-refractivity contribution in [1.82, 2.24) is 4.90 Å². The molecule has 1 amide bonds. The van der Waals surface area contributed by atoms with Gasteiger partial charge in [0.25, 0.3) is 0 Å². The molecule has 0 aromatic heterocycles. The summed E-state index contributed by atoms with van der Waals surface area (Å²) in [5, 5.41) is 0. The topological polar surface area (TPSA) is 46.3 Å². The van der Waals surface area contributed by atoms with Gasteiger partial charge in [0, 0.05) is 37.7 Å². The number of hydrogen-bond donors (Lipinski definition) is 1. The van der Waals surface area contributed by atoms with Crippen molar-refractivity contribution in [3.8, 4) is 0 Å². The highest BCUT2D eigenvalue weighted by Gasteiger charge is 2.27. The molecule has 0 unspecified atom stereocenters. The lowest BCUT2D eigenvalue weighted by Gasteiger charge is -2.21. The summed E-state index contributed by atoms with van der Waals surface area (Å²) in [7, 11) is 1.63. The summed E-state index contributed by atoms with van der Waals surface area (Å²) in [4.78, 5) is 13.6. The second-order valence-electron chi connectivity index (χ2n) is 5.54. The molecular weight excluding hydrogens is 298 g/mol. The van der Waals surface area contributed by atoms with Gasteiger partial charge in [0.2, 0.25) is 5.91 Å². The van der Waals surface area contributed by atoms with E-state index in [9.17, 15) is 13.6 Å². The normalized spacial score (nSPS) is 21.0. The number of rotatable bonds is 4. The van der Waals surface area contributed by atoms with E-state index in [1.54, 1.807) is 7.05 Å². The van der Waals surface area contributed by atoms with Crippen LogP contribution in [0.3, 0.4) is 0 Å². The fourth-order valence-corrected chi connectivity index (χ4v) is 2.69. The standard InChI is InChI=1S/C15H20F2N2O.ClH/c1-19(9-11-5-6-12(16)8-13(11)17)15(20)7-10-3-2-4-14(10)18;/h5-6,8,10,14H,2-4,7,9,18H2,1H3;1H/t10-,14+;/m0./s1. The third-order valence-electron chi connectivity index (χ3n) is 4.00. The van der Waals surface area contributed by atoms with Gasteiger partial charge < -0.3 is 10.6 Å². The number of nitrogens with zero attached hydrogens (tertiary/aromatic N) is 1. The summed E-state index contributed by atoms with van der Waals surface area (Å²) in [5.74, 6) is -1.06. The lowest BCUT2D eigenvalue weighted by Crippen LogP contribution is -2.32. The van der Waals surface area contributed by atoms with E-state index in [4.69, 9.17) is 5.73 Å². The minimum atomic E-state index is -0.623. The Morgan fingerprint density at radius 2 is 2.10 bits per heavy atom. The van der Waals surface area contributed by atoms with Gasteiger partial charge in [0.15, 0.2) is 0 Å². The summed E-state index contributed by atoms with van der Waals surface area (Å²) < 4.78 is 26.4. The quantitative estimate of drug-likeness (QED) is 0.928. The molecule has 21 heavy (non-hydrogen) atoms. The first-order valence-electron chi connectivity index (χ1n) is 6.91. The Labute approximate surface area is 129 Å². The average molecular weight is 319 g/mol. The van der Waals surface area contributed by atoms with Crippen LogP contribution in [-0.2, 0) is 11.3 Å². The largest absolute Gasteiger partial charge is 0.341 e. The molecule has 1 aliphatic rings. The van der Waals surface area contributed by atoms with Gasteiger partial charge >= 0.3 is 0 Å². The number of amides is 1. The van der Waals surface area contributed by atoms with Crippen molar-refractivity contribution in [1.29, 1.82) is 0 Å². The second kappa shape index (κ2) is 7.71. The Kier molecular flexibility index (Phi) is 6.55. The lowest BCUT2D eigenvalue weighted by molar-refractivity contribution is -0.131. The molecule has 0 saturated heterocycles. The monoisotopic (exact) mass is 318 g/mol. The van der Waals surface area contributed by atoms with Crippen molar-refractivity contribution in [2.24, 2.45) is 11.7 Å². The van der Waals surface area contributed by atoms with Gasteiger partial charge in [0.1, 0.15) is 11.6 Å². The number of nitrogens with two attached hydrogens (primary N) is 1. The van der Waals surface area contributed by atoms with E-state index in [1.807, 2.05) is 0 Å². The van der Waals surface area contributed by atoms with Gasteiger partial charge in [-0.2, -0.15) is 0 Å². The molecule has 2 atom stereocenters. The van der Waals surface area contributed by atoms with Crippen LogP contribution >= 0.6 is 12.4 Å². The van der Waals surface area contributed by atoms with Gasteiger partial charge in [-0.05, 0) is 24.8 Å². The molecule has 0 spiro atoms. The van der Waals surface area contributed by atoms with Crippen molar-refractivity contribution in [3.05, 3.63) is 35.4 Å². The summed E-state index contributed by atoms with van der Waals surface area (Å²) in [6, 6.07) is 3.50. The molecule has 0 bridgehead atoms. The molecular formula is C15H21ClF2N2O. The van der Waals surface area contributed by atoms with E-state index in [0.717, 1.165) is 25.3 Å². The van der Waals surface area contributed by atoms with Crippen LogP contribution in [0.2, 0.25) is 0 Å². The molecule has 1 fully saturated rings. The molecule has 3 nitrogen and oxygen atoms in total. The zero-order valence-electron chi connectivity index (χ0n) is 12.0. The fraction of sp³-hybridized carbons (Fsp3) is 0.533. The maximum Gasteiger partial charge on any atom is 0.222 e. The van der Waals surface area contributed by atoms with Crippen LogP contribution in [0, 0.1) is 17.6 Å². The van der Waals surface area contributed by atoms with E-state index in [2.05, 4.69) is 0 Å². The average Bonchev–Trinajstić information content (AvgIpc) is 2.78. The molecule has 6 heteroatoms. The predicted octanol–water partition coefficient (Wildman–Crippen LogP) is 2.86. The van der Waals surface area contributed by atoms with Crippen LogP contribution in [-0.4, -0.2) is 23.9 Å². The van der Waals surface area contributed by atoms with E-state index < -0.39 is 11.6 Å². The van der Waals surface area contributed by atoms with Crippen molar-refractivity contribution in [2.45, 2.75) is 38.3 Å². The molecule has 118 valence electrons. The molecule has 0 heterocycles. The summed E-state index contributed by atoms with van der Waals surface area (Å²) >= 11 is 0. The van der Waals surface area contributed by atoms with Gasteiger partial charge in [0.05, 0.1) is 0 Å². The van der Waals surface area contributed by atoms with Gasteiger partial charge in [-0.15, -0.1) is 12.4 Å². The van der Waals surface area contributed by atoms with Crippen LogP contribution < -0.4 is 5.73 Å². The van der Waals surface area contributed by atoms with Crippen molar-refractivity contribution < 1.29 is 13.6 Å². The first-order valence-corrected chi connectivity index (χ1v) is 6.91. The molecule has 1 saturated carbocycles. The van der Waals surface area contributed by atoms with Crippen molar-refractivity contribution in [2.75, 3.05) is 7.05 Å². The highest BCUT2D eigenvalue weighted by Crippen LogP contribution is 2.27. The van der Waals surface area contributed by atoms with E-state index in [-0.39, 0.29) is 36.8 Å². The molecule has 1 aromatic rings. The minimum Gasteiger partial charge on any atom is -0.341 e. The van der Waals surface area contributed by atoms with E-state index in [1.165, 1.54) is 17.0 Å². The number of benzene rings is 1. The number of hydrogen-bond acceptors (Lipinski definition) is 2. The van der Waals surface area contributed by atoms with Gasteiger partial charge in [-0.3, -0.25) is 4.79 Å². The number of carbonyl (C=O) groups excluding carboxylic acids is 1. The highest BCUT2D eigenvalue weighted by atomic mass is 35.5. The molecule has 1 aliphatic carbocycles. The van der Waals surface area contributed by atoms with E-state index in [0.29, 0.717) is 12.0 Å². The maximum absolute atomic E-state index is 13.5. The van der Waals surface area contributed by atoms with Crippen LogP contribution in [0.4, 0.5) is 8.78 Å². The fourth-order valence-electron chi connectivity index (χ4n) is 2.69. The number of carbonyl (C=O) groups is 1. The number of halogens is 3. The first kappa shape index (κ1) is 17.9. The minimum absolute atomic E-state index is 0. The first-order chi connectivity index (χ1) is 9.47. The van der Waals surface area contributed by atoms with Crippen LogP contribution in [0.5, 0.6) is 0 Å². The smallest absolute Gasteiger partial charge is 0.222 e. The van der Waals surface area contributed by atoms with Crippen LogP contribution in [0.15, 0.2) is 18.2 Å². The molecule has 2 rings (SSSR count). The Morgan fingerprint density at radius 1 is 1.38 bits per heavy atom. The van der Waals surface area contributed by atoms with Gasteiger partial charge in [-0.1, -0.05) is 12.5 Å². The van der Waals surface area contributed by atoms with Crippen LogP contribution in [0.1, 0.15) is 31.2 Å². The maximum atomic E-state index is 13.5. The summed E-state index contributed by atoms with van der Waals surface area (Å²) in [6.45, 7) is 0.146.